The van der Waals surface area contributed by atoms with Gasteiger partial charge in [-0.25, -0.2) is 4.72 Å². The lowest BCUT2D eigenvalue weighted by atomic mass is 10.3. The standard InChI is InChI=1S/C9H15N3O3S/c1-3-13-4-2-12(1)8-9(11-16-10-8)15-6-7-5-14-7/h7,9,11H,1-6H2. The summed E-state index contributed by atoms with van der Waals surface area (Å²) < 4.78 is 23.7. The molecule has 2 saturated heterocycles. The summed E-state index contributed by atoms with van der Waals surface area (Å²) in [6.45, 7) is 4.78. The summed E-state index contributed by atoms with van der Waals surface area (Å²) in [7, 11) is 0. The lowest BCUT2D eigenvalue weighted by Crippen LogP contribution is -2.48. The first-order chi connectivity index (χ1) is 7.93. The Morgan fingerprint density at radius 1 is 1.50 bits per heavy atom. The molecule has 0 aromatic rings. The smallest absolute Gasteiger partial charge is 0.177 e. The number of hydrogen-bond donors (Lipinski definition) is 1. The van der Waals surface area contributed by atoms with Crippen LogP contribution in [0.2, 0.25) is 0 Å². The van der Waals surface area contributed by atoms with E-state index in [1.807, 2.05) is 0 Å². The number of nitrogens with one attached hydrogen (secondary N) is 1. The minimum Gasteiger partial charge on any atom is -0.378 e. The molecule has 0 aromatic carbocycles. The molecule has 0 spiro atoms. The van der Waals surface area contributed by atoms with Crippen molar-refractivity contribution in [3.8, 4) is 0 Å². The predicted molar refractivity (Wildman–Crippen MR) is 60.0 cm³/mol. The number of epoxide rings is 1. The van der Waals surface area contributed by atoms with E-state index in [9.17, 15) is 0 Å². The number of hydrogen-bond acceptors (Lipinski definition) is 7. The van der Waals surface area contributed by atoms with Crippen LogP contribution >= 0.6 is 12.1 Å². The molecule has 7 heteroatoms. The van der Waals surface area contributed by atoms with Crippen molar-refractivity contribution in [1.82, 2.24) is 9.62 Å². The molecular weight excluding hydrogens is 230 g/mol. The van der Waals surface area contributed by atoms with E-state index in [2.05, 4.69) is 14.0 Å². The molecule has 16 heavy (non-hydrogen) atoms. The fourth-order valence-corrected chi connectivity index (χ4v) is 2.34. The molecule has 6 nitrogen and oxygen atoms in total. The quantitative estimate of drug-likeness (QED) is 0.540. The first kappa shape index (κ1) is 10.8. The Bertz CT molecular complexity index is 279. The van der Waals surface area contributed by atoms with E-state index in [1.54, 1.807) is 0 Å². The highest BCUT2D eigenvalue weighted by Gasteiger charge is 2.31. The van der Waals surface area contributed by atoms with Crippen LogP contribution in [0.5, 0.6) is 0 Å². The highest BCUT2D eigenvalue weighted by molar-refractivity contribution is 7.96. The highest BCUT2D eigenvalue weighted by Crippen LogP contribution is 2.18. The maximum Gasteiger partial charge on any atom is 0.177 e. The topological polar surface area (TPSA) is 58.6 Å². The van der Waals surface area contributed by atoms with Crippen LogP contribution in [0.3, 0.4) is 0 Å². The Balaban J connectivity index is 1.54. The molecule has 0 saturated carbocycles. The van der Waals surface area contributed by atoms with E-state index in [-0.39, 0.29) is 6.23 Å². The largest absolute Gasteiger partial charge is 0.378 e. The fraction of sp³-hybridized carbons (Fsp3) is 0.889. The van der Waals surface area contributed by atoms with Crippen LogP contribution in [0.4, 0.5) is 0 Å². The van der Waals surface area contributed by atoms with Crippen molar-refractivity contribution in [1.29, 1.82) is 0 Å². The summed E-state index contributed by atoms with van der Waals surface area (Å²) in [6.07, 6.45) is 0.186. The summed E-state index contributed by atoms with van der Waals surface area (Å²) in [5, 5.41) is 0. The van der Waals surface area contributed by atoms with E-state index < -0.39 is 0 Å². The third-order valence-corrected chi connectivity index (χ3v) is 3.32. The SMILES string of the molecule is C1CN(C2=NSNC2OCC2CO2)CCO1. The molecule has 0 bridgehead atoms. The molecule has 3 heterocycles. The number of nitrogens with zero attached hydrogens (tertiary/aromatic N) is 2. The van der Waals surface area contributed by atoms with Gasteiger partial charge < -0.3 is 19.1 Å². The maximum atomic E-state index is 5.72. The van der Waals surface area contributed by atoms with Gasteiger partial charge in [-0.2, -0.15) is 4.40 Å². The van der Waals surface area contributed by atoms with Crippen LogP contribution in [0.15, 0.2) is 4.40 Å². The van der Waals surface area contributed by atoms with Crippen LogP contribution < -0.4 is 4.72 Å². The first-order valence-corrected chi connectivity index (χ1v) is 6.26. The molecule has 3 aliphatic rings. The zero-order chi connectivity index (χ0) is 10.8. The van der Waals surface area contributed by atoms with Crippen LogP contribution in [0, 0.1) is 0 Å². The third kappa shape index (κ3) is 2.49. The summed E-state index contributed by atoms with van der Waals surface area (Å²) in [5.74, 6) is 0.981. The van der Waals surface area contributed by atoms with Gasteiger partial charge in [-0.05, 0) is 0 Å². The second-order valence-electron chi connectivity index (χ2n) is 3.93. The van der Waals surface area contributed by atoms with Gasteiger partial charge >= 0.3 is 0 Å². The van der Waals surface area contributed by atoms with E-state index in [0.29, 0.717) is 12.7 Å². The molecule has 1 N–H and O–H groups in total. The number of ether oxygens (including phenoxy) is 3. The molecule has 90 valence electrons. The Morgan fingerprint density at radius 3 is 3.06 bits per heavy atom. The first-order valence-electron chi connectivity index (χ1n) is 5.49. The van der Waals surface area contributed by atoms with Crippen LogP contribution in [-0.4, -0.2) is 62.6 Å². The monoisotopic (exact) mass is 245 g/mol. The zero-order valence-corrected chi connectivity index (χ0v) is 9.74. The maximum absolute atomic E-state index is 5.72. The van der Waals surface area contributed by atoms with Crippen LogP contribution in [-0.2, 0) is 14.2 Å². The molecule has 0 aromatic heterocycles. The lowest BCUT2D eigenvalue weighted by Gasteiger charge is -2.30. The Labute approximate surface area is 98.6 Å². The lowest BCUT2D eigenvalue weighted by molar-refractivity contribution is 0.0459. The third-order valence-electron chi connectivity index (χ3n) is 2.72. The molecule has 3 aliphatic heterocycles. The van der Waals surface area contributed by atoms with Crippen molar-refractivity contribution in [2.75, 3.05) is 39.5 Å². The van der Waals surface area contributed by atoms with Gasteiger partial charge in [0, 0.05) is 13.1 Å². The minimum absolute atomic E-state index is 0.104. The molecule has 2 fully saturated rings. The molecule has 3 rings (SSSR count). The van der Waals surface area contributed by atoms with Crippen molar-refractivity contribution in [2.24, 2.45) is 4.40 Å². The number of amidine groups is 1. The van der Waals surface area contributed by atoms with Crippen molar-refractivity contribution >= 4 is 18.0 Å². The van der Waals surface area contributed by atoms with Gasteiger partial charge in [0.2, 0.25) is 0 Å². The summed E-state index contributed by atoms with van der Waals surface area (Å²) in [6, 6.07) is 0. The summed E-state index contributed by atoms with van der Waals surface area (Å²) in [4.78, 5) is 2.22. The molecule has 0 aliphatic carbocycles. The van der Waals surface area contributed by atoms with Crippen molar-refractivity contribution in [3.63, 3.8) is 0 Å². The zero-order valence-electron chi connectivity index (χ0n) is 8.92. The van der Waals surface area contributed by atoms with Gasteiger partial charge in [0.1, 0.15) is 6.10 Å². The second kappa shape index (κ2) is 4.89. The van der Waals surface area contributed by atoms with Gasteiger partial charge in [0.25, 0.3) is 0 Å². The van der Waals surface area contributed by atoms with Crippen molar-refractivity contribution < 1.29 is 14.2 Å². The average Bonchev–Trinajstić information content (AvgIpc) is 3.05. The van der Waals surface area contributed by atoms with Gasteiger partial charge in [-0.3, -0.25) is 0 Å². The molecule has 2 atom stereocenters. The van der Waals surface area contributed by atoms with Gasteiger partial charge in [0.05, 0.1) is 38.6 Å². The molecular formula is C9H15N3O3S. The Morgan fingerprint density at radius 2 is 2.31 bits per heavy atom. The van der Waals surface area contributed by atoms with Crippen LogP contribution in [0.1, 0.15) is 0 Å². The van der Waals surface area contributed by atoms with E-state index >= 15 is 0 Å². The highest BCUT2D eigenvalue weighted by atomic mass is 32.2. The van der Waals surface area contributed by atoms with Crippen molar-refractivity contribution in [2.45, 2.75) is 12.3 Å². The number of rotatable bonds is 3. The Kier molecular flexibility index (Phi) is 3.30. The van der Waals surface area contributed by atoms with Gasteiger partial charge in [0.15, 0.2) is 12.1 Å². The molecule has 2 unspecified atom stereocenters. The van der Waals surface area contributed by atoms with Gasteiger partial charge in [-0.1, -0.05) is 0 Å². The van der Waals surface area contributed by atoms with Crippen LogP contribution in [0.25, 0.3) is 0 Å². The normalized spacial score (nSPS) is 34.0. The predicted octanol–water partition coefficient (Wildman–Crippen LogP) is -0.375. The second-order valence-corrected chi connectivity index (χ2v) is 4.53. The van der Waals surface area contributed by atoms with Gasteiger partial charge in [-0.15, -0.1) is 0 Å². The van der Waals surface area contributed by atoms with Crippen molar-refractivity contribution in [3.05, 3.63) is 0 Å². The number of morpholine rings is 1. The van der Waals surface area contributed by atoms with E-state index in [4.69, 9.17) is 14.2 Å². The fourth-order valence-electron chi connectivity index (χ4n) is 1.71. The Hall–Kier alpha value is -0.340. The summed E-state index contributed by atoms with van der Waals surface area (Å²) in [5.41, 5.74) is 0. The summed E-state index contributed by atoms with van der Waals surface area (Å²) >= 11 is 1.35. The van der Waals surface area contributed by atoms with E-state index in [1.165, 1.54) is 12.1 Å². The minimum atomic E-state index is -0.104. The molecule has 0 radical (unpaired) electrons. The molecule has 0 amide bonds. The van der Waals surface area contributed by atoms with E-state index in [0.717, 1.165) is 38.7 Å². The average molecular weight is 245 g/mol.